The van der Waals surface area contributed by atoms with Crippen molar-refractivity contribution in [1.29, 1.82) is 0 Å². The number of carboxylic acid groups (broad SMARTS) is 1. The van der Waals surface area contributed by atoms with Crippen LogP contribution in [0.25, 0.3) is 0 Å². The first kappa shape index (κ1) is 14.2. The van der Waals surface area contributed by atoms with E-state index in [1.807, 2.05) is 13.0 Å². The number of rotatable bonds is 5. The molecule has 1 aromatic rings. The normalized spacial score (nSPS) is 11.9. The molecule has 1 atom stereocenters. The summed E-state index contributed by atoms with van der Waals surface area (Å²) in [6.45, 7) is 5.36. The van der Waals surface area contributed by atoms with E-state index in [9.17, 15) is 9.59 Å². The van der Waals surface area contributed by atoms with E-state index in [0.717, 1.165) is 5.56 Å². The van der Waals surface area contributed by atoms with E-state index in [1.165, 1.54) is 4.90 Å². The fourth-order valence-corrected chi connectivity index (χ4v) is 1.49. The lowest BCUT2D eigenvalue weighted by Crippen LogP contribution is -2.37. The number of carbonyl (C=O) groups is 2. The lowest BCUT2D eigenvalue weighted by molar-refractivity contribution is -0.140. The lowest BCUT2D eigenvalue weighted by Gasteiger charge is -2.23. The average Bonchev–Trinajstić information content (AvgIpc) is 2.35. The van der Waals surface area contributed by atoms with Crippen molar-refractivity contribution >= 4 is 17.7 Å². The van der Waals surface area contributed by atoms with Crippen molar-refractivity contribution in [2.24, 2.45) is 5.92 Å². The van der Waals surface area contributed by atoms with Gasteiger partial charge in [0, 0.05) is 19.2 Å². The van der Waals surface area contributed by atoms with Crippen molar-refractivity contribution in [3.05, 3.63) is 23.9 Å². The molecule has 1 rings (SSSR count). The zero-order chi connectivity index (χ0) is 13.7. The standard InChI is InChI=1S/C13H18N2O3/c1-4-12(16)15(8-10(3)13(17)18)11-6-5-9(2)7-14-11/h5-7,10H,4,8H2,1-3H3,(H,17,18). The van der Waals surface area contributed by atoms with Crippen molar-refractivity contribution in [3.8, 4) is 0 Å². The van der Waals surface area contributed by atoms with E-state index in [2.05, 4.69) is 4.98 Å². The summed E-state index contributed by atoms with van der Waals surface area (Å²) in [6.07, 6.45) is 1.98. The van der Waals surface area contributed by atoms with E-state index in [-0.39, 0.29) is 12.5 Å². The minimum atomic E-state index is -0.920. The van der Waals surface area contributed by atoms with Crippen LogP contribution in [0.1, 0.15) is 25.8 Å². The van der Waals surface area contributed by atoms with Gasteiger partial charge in [-0.25, -0.2) is 4.98 Å². The van der Waals surface area contributed by atoms with Gasteiger partial charge in [-0.05, 0) is 18.6 Å². The largest absolute Gasteiger partial charge is 0.481 e. The predicted octanol–water partition coefficient (Wildman–Crippen LogP) is 1.85. The molecule has 1 aromatic heterocycles. The first-order valence-electron chi connectivity index (χ1n) is 5.91. The van der Waals surface area contributed by atoms with Gasteiger partial charge < -0.3 is 5.11 Å². The molecule has 0 saturated heterocycles. The number of amides is 1. The van der Waals surface area contributed by atoms with Crippen LogP contribution in [0.4, 0.5) is 5.82 Å². The van der Waals surface area contributed by atoms with Crippen LogP contribution in [0.2, 0.25) is 0 Å². The van der Waals surface area contributed by atoms with Gasteiger partial charge in [-0.2, -0.15) is 0 Å². The molecule has 98 valence electrons. The summed E-state index contributed by atoms with van der Waals surface area (Å²) in [6, 6.07) is 3.58. The Bertz CT molecular complexity index is 428. The molecule has 0 radical (unpaired) electrons. The summed E-state index contributed by atoms with van der Waals surface area (Å²) in [5, 5.41) is 8.92. The Morgan fingerprint density at radius 1 is 1.44 bits per heavy atom. The highest BCUT2D eigenvalue weighted by molar-refractivity contribution is 5.92. The van der Waals surface area contributed by atoms with E-state index in [0.29, 0.717) is 12.2 Å². The second-order valence-electron chi connectivity index (χ2n) is 4.29. The van der Waals surface area contributed by atoms with Crippen LogP contribution in [0.3, 0.4) is 0 Å². The highest BCUT2D eigenvalue weighted by Crippen LogP contribution is 2.14. The first-order chi connectivity index (χ1) is 8.45. The summed E-state index contributed by atoms with van der Waals surface area (Å²) in [7, 11) is 0. The van der Waals surface area contributed by atoms with Crippen molar-refractivity contribution < 1.29 is 14.7 Å². The number of aromatic nitrogens is 1. The molecule has 1 unspecified atom stereocenters. The predicted molar refractivity (Wildman–Crippen MR) is 68.4 cm³/mol. The molecule has 1 amide bonds. The van der Waals surface area contributed by atoms with Crippen LogP contribution in [-0.2, 0) is 9.59 Å². The van der Waals surface area contributed by atoms with E-state index < -0.39 is 11.9 Å². The van der Waals surface area contributed by atoms with Crippen LogP contribution < -0.4 is 4.90 Å². The van der Waals surface area contributed by atoms with Gasteiger partial charge in [-0.3, -0.25) is 14.5 Å². The highest BCUT2D eigenvalue weighted by Gasteiger charge is 2.21. The SMILES string of the molecule is CCC(=O)N(CC(C)C(=O)O)c1ccc(C)cn1. The van der Waals surface area contributed by atoms with Crippen LogP contribution >= 0.6 is 0 Å². The maximum absolute atomic E-state index is 11.8. The Balaban J connectivity index is 2.94. The Hall–Kier alpha value is -1.91. The van der Waals surface area contributed by atoms with Crippen molar-refractivity contribution in [2.45, 2.75) is 27.2 Å². The topological polar surface area (TPSA) is 70.5 Å². The molecule has 0 saturated carbocycles. The molecule has 5 nitrogen and oxygen atoms in total. The molecule has 0 aromatic carbocycles. The second-order valence-corrected chi connectivity index (χ2v) is 4.29. The molecule has 1 N–H and O–H groups in total. The molecular weight excluding hydrogens is 232 g/mol. The second kappa shape index (κ2) is 6.14. The number of aliphatic carboxylic acids is 1. The molecular formula is C13H18N2O3. The Morgan fingerprint density at radius 3 is 2.56 bits per heavy atom. The third kappa shape index (κ3) is 3.55. The van der Waals surface area contributed by atoms with E-state index in [1.54, 1.807) is 26.1 Å². The van der Waals surface area contributed by atoms with Crippen molar-refractivity contribution in [1.82, 2.24) is 4.98 Å². The highest BCUT2D eigenvalue weighted by atomic mass is 16.4. The molecule has 0 aliphatic rings. The first-order valence-corrected chi connectivity index (χ1v) is 5.91. The molecule has 18 heavy (non-hydrogen) atoms. The monoisotopic (exact) mass is 250 g/mol. The Labute approximate surface area is 106 Å². The molecule has 0 bridgehead atoms. The summed E-state index contributed by atoms with van der Waals surface area (Å²) < 4.78 is 0. The fraction of sp³-hybridized carbons (Fsp3) is 0.462. The van der Waals surface area contributed by atoms with Gasteiger partial charge in [0.1, 0.15) is 5.82 Å². The summed E-state index contributed by atoms with van der Waals surface area (Å²) in [5.74, 6) is -1.17. The molecule has 5 heteroatoms. The van der Waals surface area contributed by atoms with Gasteiger partial charge in [-0.1, -0.05) is 19.9 Å². The average molecular weight is 250 g/mol. The van der Waals surface area contributed by atoms with E-state index >= 15 is 0 Å². The summed E-state index contributed by atoms with van der Waals surface area (Å²) in [5.41, 5.74) is 0.994. The van der Waals surface area contributed by atoms with Gasteiger partial charge in [-0.15, -0.1) is 0 Å². The van der Waals surface area contributed by atoms with E-state index in [4.69, 9.17) is 5.11 Å². The zero-order valence-electron chi connectivity index (χ0n) is 10.9. The number of anilines is 1. The van der Waals surface area contributed by atoms with Crippen molar-refractivity contribution in [2.75, 3.05) is 11.4 Å². The fourth-order valence-electron chi connectivity index (χ4n) is 1.49. The quantitative estimate of drug-likeness (QED) is 0.865. The minimum absolute atomic E-state index is 0.126. The Morgan fingerprint density at radius 2 is 2.11 bits per heavy atom. The van der Waals surface area contributed by atoms with Gasteiger partial charge in [0.15, 0.2) is 0 Å². The smallest absolute Gasteiger partial charge is 0.308 e. The number of carboxylic acids is 1. The van der Waals surface area contributed by atoms with Crippen LogP contribution in [0.15, 0.2) is 18.3 Å². The summed E-state index contributed by atoms with van der Waals surface area (Å²) >= 11 is 0. The number of hydrogen-bond donors (Lipinski definition) is 1. The molecule has 0 spiro atoms. The third-order valence-corrected chi connectivity index (χ3v) is 2.65. The molecule has 0 aliphatic heterocycles. The zero-order valence-corrected chi connectivity index (χ0v) is 10.9. The maximum atomic E-state index is 11.8. The van der Waals surface area contributed by atoms with Gasteiger partial charge in [0.25, 0.3) is 0 Å². The summed E-state index contributed by atoms with van der Waals surface area (Å²) in [4.78, 5) is 28.3. The maximum Gasteiger partial charge on any atom is 0.308 e. The lowest BCUT2D eigenvalue weighted by atomic mass is 10.1. The van der Waals surface area contributed by atoms with Gasteiger partial charge in [0.05, 0.1) is 5.92 Å². The van der Waals surface area contributed by atoms with Crippen molar-refractivity contribution in [3.63, 3.8) is 0 Å². The van der Waals surface area contributed by atoms with Crippen LogP contribution in [0.5, 0.6) is 0 Å². The van der Waals surface area contributed by atoms with Crippen LogP contribution in [-0.4, -0.2) is 28.5 Å². The Kier molecular flexibility index (Phi) is 4.83. The number of nitrogens with zero attached hydrogens (tertiary/aromatic N) is 2. The molecule has 0 aliphatic carbocycles. The number of hydrogen-bond acceptors (Lipinski definition) is 3. The minimum Gasteiger partial charge on any atom is -0.481 e. The van der Waals surface area contributed by atoms with Crippen LogP contribution in [0, 0.1) is 12.8 Å². The number of aryl methyl sites for hydroxylation is 1. The molecule has 1 heterocycles. The number of carbonyl (C=O) groups excluding carboxylic acids is 1. The van der Waals surface area contributed by atoms with Gasteiger partial charge >= 0.3 is 5.97 Å². The van der Waals surface area contributed by atoms with Gasteiger partial charge in [0.2, 0.25) is 5.91 Å². The number of pyridine rings is 1. The third-order valence-electron chi connectivity index (χ3n) is 2.65. The molecule has 0 fully saturated rings.